The van der Waals surface area contributed by atoms with Crippen LogP contribution in [0, 0.1) is 6.92 Å². The van der Waals surface area contributed by atoms with Crippen molar-refractivity contribution in [1.29, 1.82) is 0 Å². The zero-order valence-corrected chi connectivity index (χ0v) is 16.4. The summed E-state index contributed by atoms with van der Waals surface area (Å²) in [5, 5.41) is 3.60. The lowest BCUT2D eigenvalue weighted by Crippen LogP contribution is -2.41. The van der Waals surface area contributed by atoms with Gasteiger partial charge in [-0.2, -0.15) is 0 Å². The van der Waals surface area contributed by atoms with Crippen LogP contribution in [0.15, 0.2) is 53.4 Å². The number of amides is 1. The van der Waals surface area contributed by atoms with Gasteiger partial charge in [0.05, 0.1) is 11.3 Å². The van der Waals surface area contributed by atoms with Gasteiger partial charge in [0, 0.05) is 9.92 Å². The largest absolute Gasteiger partial charge is 0.491 e. The molecule has 0 aliphatic carbocycles. The van der Waals surface area contributed by atoms with Crippen molar-refractivity contribution in [3.8, 4) is 5.75 Å². The van der Waals surface area contributed by atoms with Crippen LogP contribution in [-0.2, 0) is 4.79 Å². The molecule has 0 saturated carbocycles. The molecule has 0 aromatic heterocycles. The van der Waals surface area contributed by atoms with Crippen molar-refractivity contribution in [3.05, 3.63) is 59.1 Å². The first-order chi connectivity index (χ1) is 12.0. The predicted octanol–water partition coefficient (Wildman–Crippen LogP) is 5.10. The summed E-state index contributed by atoms with van der Waals surface area (Å²) in [5.41, 5.74) is 1.19. The summed E-state index contributed by atoms with van der Waals surface area (Å²) in [6.45, 7) is 6.44. The SMILES string of the molecule is CC[C@@H](Sc1ccc(Cl)cc1)C(=O)N[C@@H](C)COc1ccc(C)cc1. The first-order valence-electron chi connectivity index (χ1n) is 8.40. The zero-order chi connectivity index (χ0) is 18.2. The Morgan fingerprint density at radius 3 is 2.40 bits per heavy atom. The molecule has 0 aliphatic rings. The van der Waals surface area contributed by atoms with Crippen molar-refractivity contribution in [1.82, 2.24) is 5.32 Å². The van der Waals surface area contributed by atoms with Crippen LogP contribution in [0.5, 0.6) is 5.75 Å². The van der Waals surface area contributed by atoms with Crippen LogP contribution in [0.3, 0.4) is 0 Å². The van der Waals surface area contributed by atoms with Crippen molar-refractivity contribution in [2.24, 2.45) is 0 Å². The van der Waals surface area contributed by atoms with Gasteiger partial charge in [0.2, 0.25) is 5.91 Å². The Bertz CT molecular complexity index is 673. The fraction of sp³-hybridized carbons (Fsp3) is 0.350. The lowest BCUT2D eigenvalue weighted by molar-refractivity contribution is -0.121. The van der Waals surface area contributed by atoms with E-state index in [1.54, 1.807) is 11.8 Å². The Kier molecular flexibility index (Phi) is 7.66. The van der Waals surface area contributed by atoms with Crippen LogP contribution < -0.4 is 10.1 Å². The standard InChI is InChI=1S/C20H24ClNO2S/c1-4-19(25-18-11-7-16(21)8-12-18)20(23)22-15(3)13-24-17-9-5-14(2)6-10-17/h5-12,15,19H,4,13H2,1-3H3,(H,22,23)/t15-,19+/m0/s1. The second kappa shape index (κ2) is 9.73. The number of nitrogens with one attached hydrogen (secondary N) is 1. The van der Waals surface area contributed by atoms with Gasteiger partial charge in [0.1, 0.15) is 12.4 Å². The second-order valence-electron chi connectivity index (χ2n) is 6.00. The van der Waals surface area contributed by atoms with E-state index in [1.807, 2.05) is 69.3 Å². The van der Waals surface area contributed by atoms with Crippen molar-refractivity contribution in [2.75, 3.05) is 6.61 Å². The molecule has 0 radical (unpaired) electrons. The molecule has 0 unspecified atom stereocenters. The van der Waals surface area contributed by atoms with E-state index >= 15 is 0 Å². The summed E-state index contributed by atoms with van der Waals surface area (Å²) in [6.07, 6.45) is 0.755. The molecular weight excluding hydrogens is 354 g/mol. The van der Waals surface area contributed by atoms with Gasteiger partial charge in [-0.25, -0.2) is 0 Å². The highest BCUT2D eigenvalue weighted by molar-refractivity contribution is 8.00. The van der Waals surface area contributed by atoms with E-state index in [-0.39, 0.29) is 17.2 Å². The van der Waals surface area contributed by atoms with Gasteiger partial charge < -0.3 is 10.1 Å². The Morgan fingerprint density at radius 1 is 1.16 bits per heavy atom. The third kappa shape index (κ3) is 6.63. The molecule has 25 heavy (non-hydrogen) atoms. The van der Waals surface area contributed by atoms with Crippen LogP contribution in [0.1, 0.15) is 25.8 Å². The normalized spacial score (nSPS) is 13.1. The van der Waals surface area contributed by atoms with E-state index in [9.17, 15) is 4.79 Å². The molecule has 0 aliphatic heterocycles. The monoisotopic (exact) mass is 377 g/mol. The quantitative estimate of drug-likeness (QED) is 0.650. The van der Waals surface area contributed by atoms with Crippen LogP contribution in [-0.4, -0.2) is 23.8 Å². The van der Waals surface area contributed by atoms with Gasteiger partial charge in [-0.05, 0) is 56.7 Å². The number of hydrogen-bond acceptors (Lipinski definition) is 3. The molecule has 134 valence electrons. The Balaban J connectivity index is 1.83. The van der Waals surface area contributed by atoms with Gasteiger partial charge in [0.25, 0.3) is 0 Å². The number of aryl methyl sites for hydroxylation is 1. The number of carbonyl (C=O) groups is 1. The van der Waals surface area contributed by atoms with E-state index < -0.39 is 0 Å². The lowest BCUT2D eigenvalue weighted by atomic mass is 10.2. The molecule has 1 amide bonds. The Labute approximate surface area is 159 Å². The minimum Gasteiger partial charge on any atom is -0.491 e. The highest BCUT2D eigenvalue weighted by atomic mass is 35.5. The van der Waals surface area contributed by atoms with Crippen LogP contribution in [0.4, 0.5) is 0 Å². The van der Waals surface area contributed by atoms with Crippen LogP contribution in [0.2, 0.25) is 5.02 Å². The number of hydrogen-bond donors (Lipinski definition) is 1. The summed E-state index contributed by atoms with van der Waals surface area (Å²) in [7, 11) is 0. The molecule has 2 atom stereocenters. The number of thioether (sulfide) groups is 1. The maximum Gasteiger partial charge on any atom is 0.233 e. The third-order valence-corrected chi connectivity index (χ3v) is 5.29. The number of rotatable bonds is 8. The van der Waals surface area contributed by atoms with Gasteiger partial charge in [0.15, 0.2) is 0 Å². The lowest BCUT2D eigenvalue weighted by Gasteiger charge is -2.19. The van der Waals surface area contributed by atoms with Crippen molar-refractivity contribution in [2.45, 2.75) is 43.4 Å². The Hall–Kier alpha value is -1.65. The average molecular weight is 378 g/mol. The van der Waals surface area contributed by atoms with Crippen LogP contribution in [0.25, 0.3) is 0 Å². The minimum absolute atomic E-state index is 0.0301. The molecule has 0 bridgehead atoms. The molecule has 5 heteroatoms. The summed E-state index contributed by atoms with van der Waals surface area (Å²) >= 11 is 7.46. The van der Waals surface area contributed by atoms with Crippen molar-refractivity contribution < 1.29 is 9.53 Å². The maximum atomic E-state index is 12.5. The molecule has 0 heterocycles. The molecule has 3 nitrogen and oxygen atoms in total. The highest BCUT2D eigenvalue weighted by Crippen LogP contribution is 2.26. The topological polar surface area (TPSA) is 38.3 Å². The van der Waals surface area contributed by atoms with E-state index in [0.717, 1.165) is 17.1 Å². The first-order valence-corrected chi connectivity index (χ1v) is 9.65. The minimum atomic E-state index is -0.136. The van der Waals surface area contributed by atoms with Gasteiger partial charge in [-0.1, -0.05) is 36.2 Å². The molecule has 0 fully saturated rings. The van der Waals surface area contributed by atoms with E-state index in [2.05, 4.69) is 5.32 Å². The molecular formula is C20H24ClNO2S. The van der Waals surface area contributed by atoms with E-state index in [4.69, 9.17) is 16.3 Å². The molecule has 2 aromatic rings. The summed E-state index contributed by atoms with van der Waals surface area (Å²) in [4.78, 5) is 13.5. The average Bonchev–Trinajstić information content (AvgIpc) is 2.60. The fourth-order valence-electron chi connectivity index (χ4n) is 2.23. The van der Waals surface area contributed by atoms with Gasteiger partial charge in [-0.3, -0.25) is 4.79 Å². The predicted molar refractivity (Wildman–Crippen MR) is 106 cm³/mol. The van der Waals surface area contributed by atoms with Crippen molar-refractivity contribution >= 4 is 29.3 Å². The highest BCUT2D eigenvalue weighted by Gasteiger charge is 2.19. The van der Waals surface area contributed by atoms with E-state index in [1.165, 1.54) is 5.56 Å². The molecule has 2 aromatic carbocycles. The van der Waals surface area contributed by atoms with Crippen LogP contribution >= 0.6 is 23.4 Å². The molecule has 0 spiro atoms. The van der Waals surface area contributed by atoms with Crippen molar-refractivity contribution in [3.63, 3.8) is 0 Å². The van der Waals surface area contributed by atoms with E-state index in [0.29, 0.717) is 11.6 Å². The Morgan fingerprint density at radius 2 is 1.80 bits per heavy atom. The number of ether oxygens (including phenoxy) is 1. The number of halogens is 1. The van der Waals surface area contributed by atoms with Gasteiger partial charge >= 0.3 is 0 Å². The molecule has 0 saturated heterocycles. The number of carbonyl (C=O) groups excluding carboxylic acids is 1. The maximum absolute atomic E-state index is 12.5. The smallest absolute Gasteiger partial charge is 0.233 e. The second-order valence-corrected chi connectivity index (χ2v) is 7.71. The number of benzene rings is 2. The third-order valence-electron chi connectivity index (χ3n) is 3.66. The molecule has 1 N–H and O–H groups in total. The fourth-order valence-corrected chi connectivity index (χ4v) is 3.32. The molecule has 2 rings (SSSR count). The summed E-state index contributed by atoms with van der Waals surface area (Å²) in [6, 6.07) is 15.4. The zero-order valence-electron chi connectivity index (χ0n) is 14.8. The van der Waals surface area contributed by atoms with Gasteiger partial charge in [-0.15, -0.1) is 11.8 Å². The first kappa shape index (κ1) is 19.7. The summed E-state index contributed by atoms with van der Waals surface area (Å²) in [5.74, 6) is 0.844. The summed E-state index contributed by atoms with van der Waals surface area (Å²) < 4.78 is 5.73.